The molecular formula is C18H31IN4O. The summed E-state index contributed by atoms with van der Waals surface area (Å²) in [4.78, 5) is 7.16. The molecule has 1 saturated heterocycles. The van der Waals surface area contributed by atoms with Gasteiger partial charge >= 0.3 is 0 Å². The molecule has 0 aliphatic carbocycles. The molecule has 2 N–H and O–H groups in total. The molecule has 1 heterocycles. The number of nitrogens with one attached hydrogen (secondary N) is 2. The molecule has 1 aliphatic rings. The molecule has 0 aromatic heterocycles. The van der Waals surface area contributed by atoms with E-state index in [2.05, 4.69) is 53.4 Å². The zero-order chi connectivity index (χ0) is 16.5. The lowest BCUT2D eigenvalue weighted by molar-refractivity contribution is -0.00834. The smallest absolute Gasteiger partial charge is 0.191 e. The van der Waals surface area contributed by atoms with Crippen LogP contribution < -0.4 is 10.6 Å². The molecule has 0 spiro atoms. The first-order valence-corrected chi connectivity index (χ1v) is 8.51. The number of halogens is 1. The highest BCUT2D eigenvalue weighted by atomic mass is 127. The van der Waals surface area contributed by atoms with Crippen molar-refractivity contribution >= 4 is 29.9 Å². The Morgan fingerprint density at radius 1 is 1.17 bits per heavy atom. The van der Waals surface area contributed by atoms with Gasteiger partial charge in [-0.05, 0) is 26.3 Å². The second-order valence-corrected chi connectivity index (χ2v) is 6.45. The number of guanidine groups is 1. The fraction of sp³-hybridized carbons (Fsp3) is 0.611. The van der Waals surface area contributed by atoms with Gasteiger partial charge < -0.3 is 15.4 Å². The van der Waals surface area contributed by atoms with E-state index in [1.165, 1.54) is 5.56 Å². The van der Waals surface area contributed by atoms with Gasteiger partial charge in [-0.1, -0.05) is 30.3 Å². The van der Waals surface area contributed by atoms with E-state index in [0.29, 0.717) is 6.54 Å². The van der Waals surface area contributed by atoms with Gasteiger partial charge in [0.15, 0.2) is 5.96 Å². The van der Waals surface area contributed by atoms with Gasteiger partial charge in [0.2, 0.25) is 0 Å². The summed E-state index contributed by atoms with van der Waals surface area (Å²) in [5.41, 5.74) is 1.30. The number of rotatable bonds is 6. The van der Waals surface area contributed by atoms with Crippen LogP contribution in [0.2, 0.25) is 0 Å². The first kappa shape index (κ1) is 21.2. The maximum absolute atomic E-state index is 5.45. The van der Waals surface area contributed by atoms with Crippen molar-refractivity contribution in [1.29, 1.82) is 0 Å². The number of hydrogen-bond acceptors (Lipinski definition) is 3. The van der Waals surface area contributed by atoms with Crippen molar-refractivity contribution in [2.75, 3.05) is 39.4 Å². The summed E-state index contributed by atoms with van der Waals surface area (Å²) < 4.78 is 5.45. The third-order valence-corrected chi connectivity index (χ3v) is 4.16. The topological polar surface area (TPSA) is 48.9 Å². The Kier molecular flexibility index (Phi) is 9.61. The first-order chi connectivity index (χ1) is 11.1. The molecule has 1 fully saturated rings. The summed E-state index contributed by atoms with van der Waals surface area (Å²) >= 11 is 0. The van der Waals surface area contributed by atoms with Gasteiger partial charge in [0.25, 0.3) is 0 Å². The van der Waals surface area contributed by atoms with Crippen LogP contribution in [0.1, 0.15) is 26.3 Å². The van der Waals surface area contributed by atoms with Gasteiger partial charge in [-0.15, -0.1) is 24.0 Å². The molecule has 2 rings (SSSR count). The lowest BCUT2D eigenvalue weighted by Gasteiger charge is -2.41. The highest BCUT2D eigenvalue weighted by Crippen LogP contribution is 2.15. The molecule has 0 radical (unpaired) electrons. The minimum absolute atomic E-state index is 0. The molecule has 6 heteroatoms. The maximum Gasteiger partial charge on any atom is 0.191 e. The van der Waals surface area contributed by atoms with E-state index in [4.69, 9.17) is 4.74 Å². The zero-order valence-electron chi connectivity index (χ0n) is 15.0. The molecule has 0 amide bonds. The molecular weight excluding hydrogens is 415 g/mol. The molecule has 1 aromatic rings. The summed E-state index contributed by atoms with van der Waals surface area (Å²) in [5, 5.41) is 6.81. The Morgan fingerprint density at radius 2 is 1.83 bits per heavy atom. The Balaban J connectivity index is 0.00000288. The SMILES string of the molecule is CCNC(=NCc1ccccc1)NCC(C)(C)N1CCOCC1.I. The number of hydrogen-bond donors (Lipinski definition) is 2. The molecule has 0 atom stereocenters. The molecule has 0 saturated carbocycles. The Hall–Kier alpha value is -0.860. The van der Waals surface area contributed by atoms with Gasteiger partial charge in [0.1, 0.15) is 0 Å². The van der Waals surface area contributed by atoms with Crippen molar-refractivity contribution in [1.82, 2.24) is 15.5 Å². The van der Waals surface area contributed by atoms with Crippen molar-refractivity contribution in [2.24, 2.45) is 4.99 Å². The van der Waals surface area contributed by atoms with Crippen LogP contribution in [0, 0.1) is 0 Å². The Bertz CT molecular complexity index is 487. The van der Waals surface area contributed by atoms with Crippen molar-refractivity contribution < 1.29 is 4.74 Å². The van der Waals surface area contributed by atoms with Crippen LogP contribution in [-0.4, -0.2) is 55.8 Å². The number of aliphatic imine (C=N–C) groups is 1. The summed E-state index contributed by atoms with van der Waals surface area (Å²) in [6, 6.07) is 10.3. The van der Waals surface area contributed by atoms with Crippen LogP contribution in [0.3, 0.4) is 0 Å². The molecule has 0 unspecified atom stereocenters. The highest BCUT2D eigenvalue weighted by Gasteiger charge is 2.28. The predicted molar refractivity (Wildman–Crippen MR) is 111 cm³/mol. The predicted octanol–water partition coefficient (Wildman–Crippen LogP) is 2.47. The Labute approximate surface area is 163 Å². The normalized spacial score (nSPS) is 16.4. The summed E-state index contributed by atoms with van der Waals surface area (Å²) in [5.74, 6) is 0.873. The van der Waals surface area contributed by atoms with Gasteiger partial charge in [0.05, 0.1) is 19.8 Å². The number of benzene rings is 1. The van der Waals surface area contributed by atoms with Crippen LogP contribution in [0.25, 0.3) is 0 Å². The van der Waals surface area contributed by atoms with Crippen LogP contribution in [-0.2, 0) is 11.3 Å². The summed E-state index contributed by atoms with van der Waals surface area (Å²) in [6.07, 6.45) is 0. The fourth-order valence-electron chi connectivity index (χ4n) is 2.68. The molecule has 1 aliphatic heterocycles. The summed E-state index contributed by atoms with van der Waals surface area (Å²) in [6.45, 7) is 12.7. The van der Waals surface area contributed by atoms with Gasteiger partial charge in [-0.25, -0.2) is 4.99 Å². The standard InChI is InChI=1S/C18H30N4O.HI/c1-4-19-17(20-14-16-8-6-5-7-9-16)21-15-18(2,3)22-10-12-23-13-11-22;/h5-9H,4,10-15H2,1-3H3,(H2,19,20,21);1H. The van der Waals surface area contributed by atoms with Gasteiger partial charge in [-0.3, -0.25) is 4.90 Å². The maximum atomic E-state index is 5.45. The van der Waals surface area contributed by atoms with Crippen LogP contribution in [0.5, 0.6) is 0 Å². The van der Waals surface area contributed by atoms with E-state index in [9.17, 15) is 0 Å². The van der Waals surface area contributed by atoms with Gasteiger partial charge in [0, 0.05) is 31.7 Å². The average Bonchev–Trinajstić information content (AvgIpc) is 2.59. The second kappa shape index (κ2) is 10.9. The van der Waals surface area contributed by atoms with E-state index >= 15 is 0 Å². The lowest BCUT2D eigenvalue weighted by atomic mass is 10.0. The minimum atomic E-state index is 0. The van der Waals surface area contributed by atoms with Crippen LogP contribution in [0.15, 0.2) is 35.3 Å². The molecule has 5 nitrogen and oxygen atoms in total. The zero-order valence-corrected chi connectivity index (χ0v) is 17.4. The third kappa shape index (κ3) is 6.94. The van der Waals surface area contributed by atoms with Crippen LogP contribution >= 0.6 is 24.0 Å². The quantitative estimate of drug-likeness (QED) is 0.401. The first-order valence-electron chi connectivity index (χ1n) is 8.51. The van der Waals surface area contributed by atoms with Crippen molar-refractivity contribution in [2.45, 2.75) is 32.9 Å². The average molecular weight is 446 g/mol. The van der Waals surface area contributed by atoms with Crippen molar-refractivity contribution in [3.63, 3.8) is 0 Å². The van der Waals surface area contributed by atoms with Crippen LogP contribution in [0.4, 0.5) is 0 Å². The number of nitrogens with zero attached hydrogens (tertiary/aromatic N) is 2. The van der Waals surface area contributed by atoms with Gasteiger partial charge in [-0.2, -0.15) is 0 Å². The fourth-order valence-corrected chi connectivity index (χ4v) is 2.68. The van der Waals surface area contributed by atoms with E-state index in [0.717, 1.165) is 45.4 Å². The third-order valence-electron chi connectivity index (χ3n) is 4.16. The molecule has 0 bridgehead atoms. The highest BCUT2D eigenvalue weighted by molar-refractivity contribution is 14.0. The van der Waals surface area contributed by atoms with E-state index in [1.807, 2.05) is 18.2 Å². The second-order valence-electron chi connectivity index (χ2n) is 6.45. The number of ether oxygens (including phenoxy) is 1. The molecule has 24 heavy (non-hydrogen) atoms. The van der Waals surface area contributed by atoms with Crippen molar-refractivity contribution in [3.8, 4) is 0 Å². The monoisotopic (exact) mass is 446 g/mol. The van der Waals surface area contributed by atoms with E-state index in [1.54, 1.807) is 0 Å². The number of morpholine rings is 1. The summed E-state index contributed by atoms with van der Waals surface area (Å²) in [7, 11) is 0. The Morgan fingerprint density at radius 3 is 2.46 bits per heavy atom. The minimum Gasteiger partial charge on any atom is -0.379 e. The van der Waals surface area contributed by atoms with E-state index in [-0.39, 0.29) is 29.5 Å². The van der Waals surface area contributed by atoms with E-state index < -0.39 is 0 Å². The molecule has 1 aromatic carbocycles. The van der Waals surface area contributed by atoms with Crippen molar-refractivity contribution in [3.05, 3.63) is 35.9 Å². The largest absolute Gasteiger partial charge is 0.379 e. The molecule has 136 valence electrons. The lowest BCUT2D eigenvalue weighted by Crippen LogP contribution is -2.56.